The first-order valence-corrected chi connectivity index (χ1v) is 28.5. The summed E-state index contributed by atoms with van der Waals surface area (Å²) < 4.78 is 52.9. The SMILES string of the molecule is CC[C@H](C)C1C(=O)N(C)[C@@H](Cc2ccc(OC)cc2)C(=O)N[C@@H]([C@@H](C)CC)C(=O)O[C@H](C)[C@H](NC(=O)[C@H](CCc2ccc(O)cc2)NC(=O)[C@@H](COS(=O)(=O)O)OC)C(=O)N[C@@H](CCc2ccc(O)cc2)C(=O)NC2CC[C@@H](O)N1C2=O. The summed E-state index contributed by atoms with van der Waals surface area (Å²) in [5, 5.41) is 44.7. The van der Waals surface area contributed by atoms with E-state index in [1.807, 2.05) is 0 Å². The van der Waals surface area contributed by atoms with Gasteiger partial charge in [-0.15, -0.1) is 0 Å². The molecule has 7 amide bonds. The van der Waals surface area contributed by atoms with Gasteiger partial charge >= 0.3 is 16.4 Å². The molecule has 26 heteroatoms. The molecular formula is C56H77N7O18S. The Hall–Kier alpha value is -7.39. The molecule has 2 heterocycles. The van der Waals surface area contributed by atoms with Crippen LogP contribution in [0, 0.1) is 11.8 Å². The van der Waals surface area contributed by atoms with Crippen LogP contribution in [0.2, 0.25) is 0 Å². The van der Waals surface area contributed by atoms with Gasteiger partial charge in [-0.25, -0.2) is 8.98 Å². The zero-order chi connectivity index (χ0) is 60.6. The number of methoxy groups -OCH3 is 2. The van der Waals surface area contributed by atoms with Gasteiger partial charge in [-0.05, 0) is 110 Å². The highest BCUT2D eigenvalue weighted by Gasteiger charge is 2.47. The van der Waals surface area contributed by atoms with E-state index < -0.39 is 137 Å². The van der Waals surface area contributed by atoms with Crippen molar-refractivity contribution in [1.29, 1.82) is 0 Å². The number of amides is 7. The fourth-order valence-corrected chi connectivity index (χ4v) is 9.84. The lowest BCUT2D eigenvalue weighted by Gasteiger charge is -2.44. The van der Waals surface area contributed by atoms with Gasteiger partial charge in [-0.1, -0.05) is 76.9 Å². The minimum Gasteiger partial charge on any atom is -0.508 e. The molecule has 5 rings (SSSR count). The molecule has 2 bridgehead atoms. The Morgan fingerprint density at radius 1 is 0.768 bits per heavy atom. The Kier molecular flexibility index (Phi) is 24.0. The average molecular weight is 1170 g/mol. The average Bonchev–Trinajstić information content (AvgIpc) is 3.05. The van der Waals surface area contributed by atoms with Gasteiger partial charge in [0.15, 0.2) is 6.10 Å². The van der Waals surface area contributed by atoms with Crippen molar-refractivity contribution in [3.05, 3.63) is 89.5 Å². The predicted octanol–water partition coefficient (Wildman–Crippen LogP) is 1.35. The number of fused-ring (bicyclic) bond motifs is 2. The van der Waals surface area contributed by atoms with Crippen molar-refractivity contribution >= 4 is 57.7 Å². The van der Waals surface area contributed by atoms with E-state index in [1.54, 1.807) is 76.2 Å². The standard InChI is InChI=1S/C56H77N7O18S/c1-9-31(3)46-56(74)81-33(5)47(61-50(68)41(26-18-35-13-21-38(65)22-14-35)57-52(70)44(79-8)30-80-82(75,76)77)53(71)58-40(25-17-34-11-19-37(64)20-12-34)49(67)59-42-27-28-45(66)63(54(42)72)48(32(4)10-2)55(73)62(6)43(51(69)60-46)29-36-15-23-39(78-7)24-16-36/h11-16,19-24,31-33,40-48,64-66H,9-10,17-18,25-30H2,1-8H3,(H,57,70)(H,58,71)(H,59,67)(H,60,69)(H,61,68)(H,75,76,77)/t31-,32-,33+,40-,41-,42?,43-,44+,45+,46-,47-,48?/m0/s1. The molecule has 2 fully saturated rings. The topological polar surface area (TPSA) is 355 Å². The summed E-state index contributed by atoms with van der Waals surface area (Å²) in [6.07, 6.45) is -4.90. The lowest BCUT2D eigenvalue weighted by atomic mass is 9.91. The number of benzene rings is 3. The molecule has 0 spiro atoms. The molecule has 2 saturated heterocycles. The summed E-state index contributed by atoms with van der Waals surface area (Å²) in [7, 11) is -1.18. The number of aromatic hydroxyl groups is 2. The molecule has 0 saturated carbocycles. The van der Waals surface area contributed by atoms with Crippen molar-refractivity contribution in [2.45, 2.75) is 153 Å². The van der Waals surface area contributed by atoms with Crippen molar-refractivity contribution in [2.75, 3.05) is 27.9 Å². The van der Waals surface area contributed by atoms with Gasteiger partial charge in [0.1, 0.15) is 78.5 Å². The smallest absolute Gasteiger partial charge is 0.397 e. The van der Waals surface area contributed by atoms with Crippen LogP contribution in [0.3, 0.4) is 0 Å². The van der Waals surface area contributed by atoms with E-state index in [9.17, 15) is 57.1 Å². The van der Waals surface area contributed by atoms with E-state index in [0.29, 0.717) is 28.9 Å². The third kappa shape index (κ3) is 18.1. The van der Waals surface area contributed by atoms with Gasteiger partial charge in [-0.3, -0.25) is 38.1 Å². The summed E-state index contributed by atoms with van der Waals surface area (Å²) in [4.78, 5) is 120. The Morgan fingerprint density at radius 2 is 1.35 bits per heavy atom. The van der Waals surface area contributed by atoms with Crippen molar-refractivity contribution in [1.82, 2.24) is 36.4 Å². The second-order valence-electron chi connectivity index (χ2n) is 20.7. The van der Waals surface area contributed by atoms with E-state index >= 15 is 9.59 Å². The highest BCUT2D eigenvalue weighted by atomic mass is 32.3. The summed E-state index contributed by atoms with van der Waals surface area (Å²) in [6, 6.07) is 7.90. The van der Waals surface area contributed by atoms with Crippen LogP contribution in [0.15, 0.2) is 72.8 Å². The number of nitrogens with zero attached hydrogens (tertiary/aromatic N) is 2. The minimum absolute atomic E-state index is 0.0434. The number of hydrogen-bond acceptors (Lipinski definition) is 17. The number of carbonyl (C=O) groups is 8. The third-order valence-corrected chi connectivity index (χ3v) is 15.4. The molecule has 9 N–H and O–H groups in total. The first-order chi connectivity index (χ1) is 38.8. The zero-order valence-corrected chi connectivity index (χ0v) is 48.1. The normalized spacial score (nSPS) is 24.0. The fraction of sp³-hybridized carbons (Fsp3) is 0.536. The summed E-state index contributed by atoms with van der Waals surface area (Å²) in [6.45, 7) is 7.12. The number of aliphatic hydroxyl groups excluding tert-OH is 1. The monoisotopic (exact) mass is 1170 g/mol. The number of cyclic esters (lactones) is 1. The Bertz CT molecular complexity index is 2810. The van der Waals surface area contributed by atoms with Crippen LogP contribution < -0.4 is 31.3 Å². The molecule has 2 unspecified atom stereocenters. The molecule has 2 aliphatic rings. The van der Waals surface area contributed by atoms with Crippen molar-refractivity contribution in [3.63, 3.8) is 0 Å². The molecule has 0 aliphatic carbocycles. The quantitative estimate of drug-likeness (QED) is 0.0537. The fourth-order valence-electron chi connectivity index (χ4n) is 9.55. The van der Waals surface area contributed by atoms with Gasteiger partial charge in [-0.2, -0.15) is 8.42 Å². The molecule has 12 atom stereocenters. The third-order valence-electron chi connectivity index (χ3n) is 15.0. The number of nitrogens with one attached hydrogen (secondary N) is 5. The van der Waals surface area contributed by atoms with Crippen molar-refractivity contribution in [3.8, 4) is 17.2 Å². The lowest BCUT2D eigenvalue weighted by Crippen LogP contribution is -2.66. The molecule has 0 aromatic heterocycles. The van der Waals surface area contributed by atoms with E-state index in [0.717, 1.165) is 16.9 Å². The number of hydrogen-bond donors (Lipinski definition) is 9. The van der Waals surface area contributed by atoms with Crippen LogP contribution in [-0.4, -0.2) is 174 Å². The first kappa shape index (κ1) is 65.4. The molecule has 450 valence electrons. The van der Waals surface area contributed by atoms with Gasteiger partial charge < -0.3 is 65.9 Å². The van der Waals surface area contributed by atoms with Crippen LogP contribution in [0.25, 0.3) is 0 Å². The van der Waals surface area contributed by atoms with E-state index in [2.05, 4.69) is 30.8 Å². The number of aliphatic hydroxyl groups is 1. The molecular weight excluding hydrogens is 1090 g/mol. The van der Waals surface area contributed by atoms with Gasteiger partial charge in [0.05, 0.1) is 7.11 Å². The molecule has 3 aromatic rings. The van der Waals surface area contributed by atoms with Crippen LogP contribution in [-0.2, 0) is 81.7 Å². The highest BCUT2D eigenvalue weighted by molar-refractivity contribution is 7.80. The van der Waals surface area contributed by atoms with E-state index in [4.69, 9.17) is 14.2 Å². The number of piperidine rings is 1. The van der Waals surface area contributed by atoms with Gasteiger partial charge in [0.25, 0.3) is 5.91 Å². The number of rotatable bonds is 21. The maximum atomic E-state index is 15.1. The van der Waals surface area contributed by atoms with Gasteiger partial charge in [0.2, 0.25) is 35.4 Å². The Balaban J connectivity index is 1.65. The molecule has 0 radical (unpaired) electrons. The van der Waals surface area contributed by atoms with Crippen molar-refractivity contribution < 1.29 is 85.0 Å². The largest absolute Gasteiger partial charge is 0.508 e. The maximum absolute atomic E-state index is 15.1. The molecule has 3 aromatic carbocycles. The first-order valence-electron chi connectivity index (χ1n) is 27.1. The van der Waals surface area contributed by atoms with E-state index in [-0.39, 0.29) is 62.9 Å². The van der Waals surface area contributed by atoms with Crippen LogP contribution >= 0.6 is 0 Å². The summed E-state index contributed by atoms with van der Waals surface area (Å²) in [5.41, 5.74) is 1.75. The molecule has 82 heavy (non-hydrogen) atoms. The van der Waals surface area contributed by atoms with Gasteiger partial charge in [0, 0.05) is 20.6 Å². The van der Waals surface area contributed by atoms with Crippen LogP contribution in [0.1, 0.15) is 89.8 Å². The number of ether oxygens (including phenoxy) is 3. The summed E-state index contributed by atoms with van der Waals surface area (Å²) in [5.74, 6) is -8.55. The molecule has 2 aliphatic heterocycles. The number of aryl methyl sites for hydroxylation is 2. The molecule has 25 nitrogen and oxygen atoms in total. The summed E-state index contributed by atoms with van der Waals surface area (Å²) >= 11 is 0. The number of phenols is 2. The zero-order valence-electron chi connectivity index (χ0n) is 47.2. The highest BCUT2D eigenvalue weighted by Crippen LogP contribution is 2.28. The minimum atomic E-state index is -5.06. The number of phenolic OH excluding ortho intramolecular Hbond substituents is 2. The maximum Gasteiger partial charge on any atom is 0.397 e. The van der Waals surface area contributed by atoms with Crippen molar-refractivity contribution in [2.24, 2.45) is 11.8 Å². The Morgan fingerprint density at radius 3 is 1.91 bits per heavy atom. The Labute approximate surface area is 477 Å². The lowest BCUT2D eigenvalue weighted by molar-refractivity contribution is -0.168. The number of likely N-dealkylation sites (N-methyl/N-ethyl adjacent to an activating group) is 1. The number of carbonyl (C=O) groups excluding carboxylic acids is 8. The number of esters is 1. The second-order valence-corrected chi connectivity index (χ2v) is 21.8. The second kappa shape index (κ2) is 30.1. The van der Waals surface area contributed by atoms with E-state index in [1.165, 1.54) is 45.3 Å². The van der Waals surface area contributed by atoms with Crippen LogP contribution in [0.4, 0.5) is 0 Å². The van der Waals surface area contributed by atoms with Crippen LogP contribution in [0.5, 0.6) is 17.2 Å². The predicted molar refractivity (Wildman–Crippen MR) is 294 cm³/mol.